The van der Waals surface area contributed by atoms with E-state index in [1.54, 1.807) is 29.1 Å². The summed E-state index contributed by atoms with van der Waals surface area (Å²) in [7, 11) is 0. The molecule has 0 atom stereocenters. The van der Waals surface area contributed by atoms with Gasteiger partial charge in [-0.2, -0.15) is 13.9 Å². The molecule has 7 nitrogen and oxygen atoms in total. The second-order valence-electron chi connectivity index (χ2n) is 6.90. The standard InChI is InChI=1S/C22H26F2N6O.HI/c1-4-25-22(28-14-18-7-5-6-8-19(18)31-21(23)24)27-13-17-9-10-20(26-12-17)30-16(3)11-15(2)29-30;/h5-12,21H,4,13-14H2,1-3H3,(H2,25,27,28);1H. The molecule has 0 amide bonds. The Morgan fingerprint density at radius 3 is 2.56 bits per heavy atom. The molecule has 0 fully saturated rings. The molecule has 0 aliphatic rings. The molecule has 0 saturated carbocycles. The van der Waals surface area contributed by atoms with Crippen molar-refractivity contribution in [3.8, 4) is 11.6 Å². The smallest absolute Gasteiger partial charge is 0.387 e. The molecule has 2 aromatic heterocycles. The van der Waals surface area contributed by atoms with Gasteiger partial charge in [-0.05, 0) is 44.5 Å². The molecule has 0 radical (unpaired) electrons. The van der Waals surface area contributed by atoms with Gasteiger partial charge < -0.3 is 15.4 Å². The van der Waals surface area contributed by atoms with E-state index in [1.807, 2.05) is 39.0 Å². The van der Waals surface area contributed by atoms with Gasteiger partial charge in [0, 0.05) is 30.5 Å². The number of aromatic nitrogens is 3. The first-order valence-electron chi connectivity index (χ1n) is 9.99. The summed E-state index contributed by atoms with van der Waals surface area (Å²) in [5, 5.41) is 10.7. The van der Waals surface area contributed by atoms with Crippen LogP contribution >= 0.6 is 24.0 Å². The molecule has 0 spiro atoms. The molecule has 1 aromatic carbocycles. The summed E-state index contributed by atoms with van der Waals surface area (Å²) in [5.74, 6) is 1.46. The summed E-state index contributed by atoms with van der Waals surface area (Å²) >= 11 is 0. The first-order valence-corrected chi connectivity index (χ1v) is 9.99. The number of benzene rings is 1. The van der Waals surface area contributed by atoms with Crippen LogP contribution < -0.4 is 15.4 Å². The van der Waals surface area contributed by atoms with Crippen LogP contribution in [0.5, 0.6) is 5.75 Å². The van der Waals surface area contributed by atoms with Gasteiger partial charge in [-0.1, -0.05) is 24.3 Å². The van der Waals surface area contributed by atoms with Gasteiger partial charge in [0.2, 0.25) is 0 Å². The molecule has 0 aliphatic heterocycles. The van der Waals surface area contributed by atoms with Crippen LogP contribution in [0.2, 0.25) is 0 Å². The minimum atomic E-state index is -2.87. The molecule has 0 unspecified atom stereocenters. The minimum Gasteiger partial charge on any atom is -0.434 e. The van der Waals surface area contributed by atoms with Crippen molar-refractivity contribution in [1.29, 1.82) is 0 Å². The topological polar surface area (TPSA) is 76.4 Å². The van der Waals surface area contributed by atoms with Crippen molar-refractivity contribution < 1.29 is 13.5 Å². The van der Waals surface area contributed by atoms with Crippen molar-refractivity contribution >= 4 is 29.9 Å². The molecule has 32 heavy (non-hydrogen) atoms. The second kappa shape index (κ2) is 12.3. The minimum absolute atomic E-state index is 0. The van der Waals surface area contributed by atoms with Gasteiger partial charge in [0.15, 0.2) is 11.8 Å². The molecule has 2 N–H and O–H groups in total. The number of rotatable bonds is 8. The average Bonchev–Trinajstić information content (AvgIpc) is 3.09. The zero-order valence-electron chi connectivity index (χ0n) is 18.2. The predicted molar refractivity (Wildman–Crippen MR) is 131 cm³/mol. The zero-order chi connectivity index (χ0) is 22.2. The van der Waals surface area contributed by atoms with Crippen molar-refractivity contribution in [2.75, 3.05) is 6.54 Å². The summed E-state index contributed by atoms with van der Waals surface area (Å²) in [6.45, 7) is 4.39. The monoisotopic (exact) mass is 556 g/mol. The number of hydrogen-bond acceptors (Lipinski definition) is 4. The van der Waals surface area contributed by atoms with Crippen molar-refractivity contribution in [1.82, 2.24) is 25.4 Å². The molecule has 3 rings (SSSR count). The maximum Gasteiger partial charge on any atom is 0.387 e. The van der Waals surface area contributed by atoms with E-state index >= 15 is 0 Å². The van der Waals surface area contributed by atoms with Gasteiger partial charge in [0.25, 0.3) is 0 Å². The summed E-state index contributed by atoms with van der Waals surface area (Å²) in [6, 6.07) is 12.5. The van der Waals surface area contributed by atoms with Gasteiger partial charge in [0.05, 0.1) is 12.2 Å². The van der Waals surface area contributed by atoms with Crippen molar-refractivity contribution in [2.45, 2.75) is 40.5 Å². The Kier molecular flexibility index (Phi) is 9.82. The molecular weight excluding hydrogens is 529 g/mol. The van der Waals surface area contributed by atoms with E-state index in [0.717, 1.165) is 22.8 Å². The fourth-order valence-electron chi connectivity index (χ4n) is 3.05. The second-order valence-corrected chi connectivity index (χ2v) is 6.90. The Morgan fingerprint density at radius 1 is 1.16 bits per heavy atom. The van der Waals surface area contributed by atoms with Crippen LogP contribution in [0.15, 0.2) is 53.7 Å². The van der Waals surface area contributed by atoms with Crippen LogP contribution in [-0.2, 0) is 13.1 Å². The Hall–Kier alpha value is -2.76. The van der Waals surface area contributed by atoms with Crippen LogP contribution in [0, 0.1) is 13.8 Å². The van der Waals surface area contributed by atoms with E-state index < -0.39 is 6.61 Å². The first kappa shape index (κ1) is 25.5. The van der Waals surface area contributed by atoms with Crippen LogP contribution in [-0.4, -0.2) is 33.9 Å². The van der Waals surface area contributed by atoms with Crippen molar-refractivity contribution in [2.24, 2.45) is 4.99 Å². The number of para-hydroxylation sites is 1. The van der Waals surface area contributed by atoms with Crippen LogP contribution in [0.1, 0.15) is 29.4 Å². The van der Waals surface area contributed by atoms with Crippen molar-refractivity contribution in [3.63, 3.8) is 0 Å². The molecule has 2 heterocycles. The molecule has 0 bridgehead atoms. The Morgan fingerprint density at radius 2 is 1.94 bits per heavy atom. The Labute approximate surface area is 203 Å². The quantitative estimate of drug-likeness (QED) is 0.245. The third kappa shape index (κ3) is 7.14. The van der Waals surface area contributed by atoms with Crippen LogP contribution in [0.4, 0.5) is 8.78 Å². The normalized spacial score (nSPS) is 11.2. The number of ether oxygens (including phenoxy) is 1. The maximum absolute atomic E-state index is 12.6. The highest BCUT2D eigenvalue weighted by Gasteiger charge is 2.10. The number of nitrogens with zero attached hydrogens (tertiary/aromatic N) is 4. The molecule has 172 valence electrons. The fraction of sp³-hybridized carbons (Fsp3) is 0.318. The third-order valence-electron chi connectivity index (χ3n) is 4.43. The number of aryl methyl sites for hydroxylation is 2. The van der Waals surface area contributed by atoms with E-state index in [4.69, 9.17) is 0 Å². The van der Waals surface area contributed by atoms with Crippen LogP contribution in [0.25, 0.3) is 5.82 Å². The zero-order valence-corrected chi connectivity index (χ0v) is 20.5. The summed E-state index contributed by atoms with van der Waals surface area (Å²) in [5.41, 5.74) is 3.51. The lowest BCUT2D eigenvalue weighted by atomic mass is 10.2. The third-order valence-corrected chi connectivity index (χ3v) is 4.43. The molecule has 3 aromatic rings. The SMILES string of the molecule is CCNC(=NCc1ccc(-n2nc(C)cc2C)nc1)NCc1ccccc1OC(F)F.I. The lowest BCUT2D eigenvalue weighted by Gasteiger charge is -2.14. The number of hydrogen-bond donors (Lipinski definition) is 2. The van der Waals surface area contributed by atoms with Gasteiger partial charge in [-0.25, -0.2) is 14.7 Å². The molecule has 0 aliphatic carbocycles. The Balaban J connectivity index is 0.00000363. The van der Waals surface area contributed by atoms with E-state index in [-0.39, 0.29) is 29.7 Å². The molecule has 10 heteroatoms. The highest BCUT2D eigenvalue weighted by atomic mass is 127. The largest absolute Gasteiger partial charge is 0.434 e. The summed E-state index contributed by atoms with van der Waals surface area (Å²) < 4.78 is 31.6. The van der Waals surface area contributed by atoms with Crippen LogP contribution in [0.3, 0.4) is 0 Å². The first-order chi connectivity index (χ1) is 15.0. The number of nitrogens with one attached hydrogen (secondary N) is 2. The summed E-state index contributed by atoms with van der Waals surface area (Å²) in [4.78, 5) is 9.04. The number of halogens is 3. The number of alkyl halides is 2. The maximum atomic E-state index is 12.6. The van der Waals surface area contributed by atoms with E-state index in [0.29, 0.717) is 31.2 Å². The van der Waals surface area contributed by atoms with Gasteiger partial charge in [-0.3, -0.25) is 0 Å². The summed E-state index contributed by atoms with van der Waals surface area (Å²) in [6.07, 6.45) is 1.77. The number of guanidine groups is 1. The van der Waals surface area contributed by atoms with E-state index in [2.05, 4.69) is 30.4 Å². The lowest BCUT2D eigenvalue weighted by molar-refractivity contribution is -0.0504. The fourth-order valence-corrected chi connectivity index (χ4v) is 3.05. The van der Waals surface area contributed by atoms with Gasteiger partial charge in [-0.15, -0.1) is 24.0 Å². The van der Waals surface area contributed by atoms with Gasteiger partial charge >= 0.3 is 6.61 Å². The highest BCUT2D eigenvalue weighted by molar-refractivity contribution is 14.0. The van der Waals surface area contributed by atoms with E-state index in [1.165, 1.54) is 6.07 Å². The average molecular weight is 556 g/mol. The predicted octanol–water partition coefficient (Wildman–Crippen LogP) is 4.36. The molecular formula is C22H27F2IN6O. The Bertz CT molecular complexity index is 1020. The number of aliphatic imine (C=N–C) groups is 1. The number of pyridine rings is 1. The van der Waals surface area contributed by atoms with Crippen molar-refractivity contribution in [3.05, 3.63) is 71.2 Å². The lowest BCUT2D eigenvalue weighted by Crippen LogP contribution is -2.36. The highest BCUT2D eigenvalue weighted by Crippen LogP contribution is 2.20. The molecule has 0 saturated heterocycles. The van der Waals surface area contributed by atoms with Gasteiger partial charge in [0.1, 0.15) is 5.75 Å². The van der Waals surface area contributed by atoms with E-state index in [9.17, 15) is 8.78 Å².